The van der Waals surface area contributed by atoms with Gasteiger partial charge in [-0.15, -0.1) is 0 Å². The van der Waals surface area contributed by atoms with Gasteiger partial charge in [0, 0.05) is 5.02 Å². The molecule has 0 radical (unpaired) electrons. The molecule has 0 heterocycles. The lowest BCUT2D eigenvalue weighted by Gasteiger charge is -2.14. The van der Waals surface area contributed by atoms with Gasteiger partial charge in [0.25, 0.3) is 0 Å². The van der Waals surface area contributed by atoms with E-state index >= 15 is 0 Å². The number of hydrogen-bond acceptors (Lipinski definition) is 3. The molecule has 4 heteroatoms. The summed E-state index contributed by atoms with van der Waals surface area (Å²) >= 11 is 5.87. The monoisotopic (exact) mass is 292 g/mol. The Balaban J connectivity index is 1.97. The van der Waals surface area contributed by atoms with E-state index in [1.165, 1.54) is 0 Å². The van der Waals surface area contributed by atoms with Crippen molar-refractivity contribution < 1.29 is 14.6 Å². The van der Waals surface area contributed by atoms with E-state index in [-0.39, 0.29) is 6.61 Å². The van der Waals surface area contributed by atoms with Crippen LogP contribution in [0.25, 0.3) is 0 Å². The predicted octanol–water partition coefficient (Wildman–Crippen LogP) is 3.85. The van der Waals surface area contributed by atoms with Gasteiger partial charge in [0.15, 0.2) is 0 Å². The highest BCUT2D eigenvalue weighted by molar-refractivity contribution is 6.30. The average molecular weight is 293 g/mol. The number of ether oxygens (including phenoxy) is 2. The number of rotatable bonds is 6. The van der Waals surface area contributed by atoms with E-state index in [1.807, 2.05) is 31.2 Å². The maximum Gasteiger partial charge on any atom is 0.120 e. The van der Waals surface area contributed by atoms with E-state index in [4.69, 9.17) is 21.1 Å². The molecule has 0 saturated carbocycles. The van der Waals surface area contributed by atoms with Crippen molar-refractivity contribution in [2.24, 2.45) is 0 Å². The highest BCUT2D eigenvalue weighted by Crippen LogP contribution is 2.22. The lowest BCUT2D eigenvalue weighted by molar-refractivity contribution is 0.108. The van der Waals surface area contributed by atoms with E-state index < -0.39 is 6.10 Å². The van der Waals surface area contributed by atoms with Gasteiger partial charge in [0.1, 0.15) is 24.2 Å². The minimum absolute atomic E-state index is 0.163. The van der Waals surface area contributed by atoms with Crippen LogP contribution < -0.4 is 9.47 Å². The van der Waals surface area contributed by atoms with Crippen molar-refractivity contribution in [1.29, 1.82) is 0 Å². The van der Waals surface area contributed by atoms with Crippen LogP contribution in [-0.4, -0.2) is 18.3 Å². The number of halogens is 1. The van der Waals surface area contributed by atoms with Gasteiger partial charge in [0.05, 0.1) is 6.61 Å². The zero-order valence-corrected chi connectivity index (χ0v) is 12.0. The molecule has 1 unspecified atom stereocenters. The molecular weight excluding hydrogens is 276 g/mol. The smallest absolute Gasteiger partial charge is 0.120 e. The second-order valence-electron chi connectivity index (χ2n) is 4.29. The molecule has 0 amide bonds. The van der Waals surface area contributed by atoms with Gasteiger partial charge in [-0.25, -0.2) is 0 Å². The zero-order chi connectivity index (χ0) is 14.4. The Kier molecular flexibility index (Phi) is 5.27. The van der Waals surface area contributed by atoms with Crippen LogP contribution in [0.3, 0.4) is 0 Å². The van der Waals surface area contributed by atoms with Crippen LogP contribution >= 0.6 is 11.6 Å². The molecule has 0 saturated heterocycles. The highest BCUT2D eigenvalue weighted by Gasteiger charge is 2.09. The summed E-state index contributed by atoms with van der Waals surface area (Å²) in [7, 11) is 0. The molecule has 20 heavy (non-hydrogen) atoms. The molecule has 0 bridgehead atoms. The first kappa shape index (κ1) is 14.7. The number of aliphatic hydroxyl groups excluding tert-OH is 1. The molecule has 3 nitrogen and oxygen atoms in total. The fraction of sp³-hybridized carbons (Fsp3) is 0.250. The topological polar surface area (TPSA) is 38.7 Å². The van der Waals surface area contributed by atoms with Crippen molar-refractivity contribution in [1.82, 2.24) is 0 Å². The van der Waals surface area contributed by atoms with Crippen molar-refractivity contribution >= 4 is 11.6 Å². The van der Waals surface area contributed by atoms with Crippen LogP contribution in [0.15, 0.2) is 48.5 Å². The summed E-state index contributed by atoms with van der Waals surface area (Å²) < 4.78 is 10.9. The molecule has 0 aromatic heterocycles. The average Bonchev–Trinajstić information content (AvgIpc) is 2.45. The summed E-state index contributed by atoms with van der Waals surface area (Å²) in [5, 5.41) is 10.7. The Bertz CT molecular complexity index is 557. The molecular formula is C16H17ClO3. The van der Waals surface area contributed by atoms with Crippen LogP contribution in [-0.2, 0) is 0 Å². The minimum Gasteiger partial charge on any atom is -0.494 e. The Labute approximate surface area is 123 Å². The molecule has 2 aromatic rings. The normalized spacial score (nSPS) is 11.9. The number of benzene rings is 2. The lowest BCUT2D eigenvalue weighted by Crippen LogP contribution is -2.09. The summed E-state index contributed by atoms with van der Waals surface area (Å²) in [4.78, 5) is 0. The highest BCUT2D eigenvalue weighted by atomic mass is 35.5. The van der Waals surface area contributed by atoms with E-state index in [1.54, 1.807) is 24.3 Å². The Morgan fingerprint density at radius 1 is 1.05 bits per heavy atom. The van der Waals surface area contributed by atoms with Crippen LogP contribution in [0, 0.1) is 0 Å². The van der Waals surface area contributed by atoms with Crippen LogP contribution in [0.2, 0.25) is 5.02 Å². The van der Waals surface area contributed by atoms with Gasteiger partial charge in [-0.05, 0) is 42.8 Å². The van der Waals surface area contributed by atoms with Gasteiger partial charge in [-0.2, -0.15) is 0 Å². The van der Waals surface area contributed by atoms with Crippen LogP contribution in [0.5, 0.6) is 11.5 Å². The first-order valence-electron chi connectivity index (χ1n) is 6.48. The van der Waals surface area contributed by atoms with Crippen LogP contribution in [0.4, 0.5) is 0 Å². The fourth-order valence-corrected chi connectivity index (χ4v) is 1.99. The molecule has 0 aliphatic heterocycles. The molecule has 2 rings (SSSR count). The third-order valence-electron chi connectivity index (χ3n) is 2.76. The maximum atomic E-state index is 10.1. The van der Waals surface area contributed by atoms with Crippen molar-refractivity contribution in [3.05, 3.63) is 59.1 Å². The van der Waals surface area contributed by atoms with E-state index in [2.05, 4.69) is 0 Å². The Morgan fingerprint density at radius 3 is 2.45 bits per heavy atom. The van der Waals surface area contributed by atoms with Crippen molar-refractivity contribution in [2.45, 2.75) is 13.0 Å². The summed E-state index contributed by atoms with van der Waals surface area (Å²) in [6, 6.07) is 14.5. The second kappa shape index (κ2) is 7.17. The minimum atomic E-state index is -0.714. The molecule has 0 aliphatic rings. The predicted molar refractivity (Wildman–Crippen MR) is 79.5 cm³/mol. The summed E-state index contributed by atoms with van der Waals surface area (Å²) in [6.45, 7) is 2.68. The molecule has 1 atom stereocenters. The quantitative estimate of drug-likeness (QED) is 0.879. The van der Waals surface area contributed by atoms with E-state index in [0.29, 0.717) is 17.4 Å². The van der Waals surface area contributed by atoms with E-state index in [9.17, 15) is 5.11 Å². The number of hydrogen-bond donors (Lipinski definition) is 1. The largest absolute Gasteiger partial charge is 0.494 e. The third kappa shape index (κ3) is 4.15. The molecule has 2 aromatic carbocycles. The molecule has 106 valence electrons. The van der Waals surface area contributed by atoms with Gasteiger partial charge in [-0.1, -0.05) is 29.8 Å². The molecule has 0 aliphatic carbocycles. The molecule has 1 N–H and O–H groups in total. The maximum absolute atomic E-state index is 10.1. The Morgan fingerprint density at radius 2 is 1.75 bits per heavy atom. The SMILES string of the molecule is CCOc1cccc(C(O)COc2cccc(Cl)c2)c1. The first-order valence-corrected chi connectivity index (χ1v) is 6.86. The van der Waals surface area contributed by atoms with Gasteiger partial charge >= 0.3 is 0 Å². The standard InChI is InChI=1S/C16H17ClO3/c1-2-19-14-7-3-5-12(9-14)16(18)11-20-15-8-4-6-13(17)10-15/h3-10,16,18H,2,11H2,1H3. The zero-order valence-electron chi connectivity index (χ0n) is 11.3. The van der Waals surface area contributed by atoms with Gasteiger partial charge in [0.2, 0.25) is 0 Å². The Hall–Kier alpha value is -1.71. The van der Waals surface area contributed by atoms with Crippen LogP contribution in [0.1, 0.15) is 18.6 Å². The van der Waals surface area contributed by atoms with Crippen molar-refractivity contribution in [3.8, 4) is 11.5 Å². The fourth-order valence-electron chi connectivity index (χ4n) is 1.81. The molecule has 0 fully saturated rings. The van der Waals surface area contributed by atoms with E-state index in [0.717, 1.165) is 11.3 Å². The lowest BCUT2D eigenvalue weighted by atomic mass is 10.1. The van der Waals surface area contributed by atoms with Gasteiger partial charge < -0.3 is 14.6 Å². The summed E-state index contributed by atoms with van der Waals surface area (Å²) in [6.07, 6.45) is -0.714. The summed E-state index contributed by atoms with van der Waals surface area (Å²) in [5.41, 5.74) is 0.762. The second-order valence-corrected chi connectivity index (χ2v) is 4.73. The number of aliphatic hydroxyl groups is 1. The van der Waals surface area contributed by atoms with Gasteiger partial charge in [-0.3, -0.25) is 0 Å². The van der Waals surface area contributed by atoms with Crippen molar-refractivity contribution in [3.63, 3.8) is 0 Å². The third-order valence-corrected chi connectivity index (χ3v) is 2.99. The molecule has 0 spiro atoms. The first-order chi connectivity index (χ1) is 9.69. The summed E-state index contributed by atoms with van der Waals surface area (Å²) in [5.74, 6) is 1.38. The van der Waals surface area contributed by atoms with Crippen molar-refractivity contribution in [2.75, 3.05) is 13.2 Å².